The third kappa shape index (κ3) is 5.01. The van der Waals surface area contributed by atoms with Crippen molar-refractivity contribution >= 4 is 5.71 Å². The molecular formula is C25H24F3N3O2. The Morgan fingerprint density at radius 1 is 1.00 bits per heavy atom. The van der Waals surface area contributed by atoms with Crippen molar-refractivity contribution in [3.8, 4) is 5.69 Å². The molecule has 0 bridgehead atoms. The molecule has 33 heavy (non-hydrogen) atoms. The number of rotatable bonds is 5. The Balaban J connectivity index is 1.84. The second-order valence-electron chi connectivity index (χ2n) is 8.13. The van der Waals surface area contributed by atoms with Crippen molar-refractivity contribution in [3.05, 3.63) is 98.7 Å². The fourth-order valence-corrected chi connectivity index (χ4v) is 4.05. The van der Waals surface area contributed by atoms with Gasteiger partial charge in [-0.2, -0.15) is 0 Å². The molecule has 0 radical (unpaired) electrons. The molecule has 0 atom stereocenters. The van der Waals surface area contributed by atoms with Crippen LogP contribution in [0.15, 0.2) is 58.6 Å². The molecule has 1 fully saturated rings. The van der Waals surface area contributed by atoms with Crippen molar-refractivity contribution in [1.82, 2.24) is 9.88 Å². The molecule has 1 aliphatic heterocycles. The molecule has 2 heterocycles. The van der Waals surface area contributed by atoms with Crippen molar-refractivity contribution in [1.29, 1.82) is 0 Å². The third-order valence-electron chi connectivity index (χ3n) is 5.65. The molecule has 0 amide bonds. The quantitative estimate of drug-likeness (QED) is 0.459. The summed E-state index contributed by atoms with van der Waals surface area (Å²) in [5.74, 6) is -1.91. The molecule has 4 rings (SSSR count). The van der Waals surface area contributed by atoms with Gasteiger partial charge in [-0.15, -0.1) is 0 Å². The van der Waals surface area contributed by atoms with Crippen LogP contribution in [0.4, 0.5) is 13.2 Å². The minimum Gasteiger partial charge on any atom is -0.392 e. The van der Waals surface area contributed by atoms with Crippen molar-refractivity contribution < 1.29 is 18.0 Å². The molecule has 1 N–H and O–H groups in total. The van der Waals surface area contributed by atoms with Gasteiger partial charge in [-0.25, -0.2) is 13.2 Å². The Morgan fingerprint density at radius 2 is 1.70 bits per heavy atom. The molecule has 0 spiro atoms. The highest BCUT2D eigenvalue weighted by Gasteiger charge is 2.19. The largest absolute Gasteiger partial charge is 0.392 e. The number of aromatic nitrogens is 1. The highest BCUT2D eigenvalue weighted by molar-refractivity contribution is 6.12. The zero-order chi connectivity index (χ0) is 23.5. The summed E-state index contributed by atoms with van der Waals surface area (Å²) in [6, 6.07) is 8.74. The van der Waals surface area contributed by atoms with Crippen molar-refractivity contribution in [2.45, 2.75) is 32.8 Å². The lowest BCUT2D eigenvalue weighted by Gasteiger charge is -2.21. The van der Waals surface area contributed by atoms with Crippen molar-refractivity contribution in [2.75, 3.05) is 13.1 Å². The van der Waals surface area contributed by atoms with Gasteiger partial charge >= 0.3 is 0 Å². The second kappa shape index (κ2) is 9.62. The molecule has 0 aliphatic carbocycles. The molecule has 2 aromatic carbocycles. The number of benzene rings is 2. The van der Waals surface area contributed by atoms with Crippen LogP contribution in [0.3, 0.4) is 0 Å². The van der Waals surface area contributed by atoms with Gasteiger partial charge in [0, 0.05) is 29.5 Å². The van der Waals surface area contributed by atoms with Crippen LogP contribution in [0.25, 0.3) is 5.69 Å². The summed E-state index contributed by atoms with van der Waals surface area (Å²) >= 11 is 0. The van der Waals surface area contributed by atoms with E-state index in [0.717, 1.165) is 38.1 Å². The predicted molar refractivity (Wildman–Crippen MR) is 120 cm³/mol. The highest BCUT2D eigenvalue weighted by atomic mass is 19.1. The van der Waals surface area contributed by atoms with Crippen LogP contribution in [0.5, 0.6) is 0 Å². The number of nitrogens with one attached hydrogen (secondary N) is 1. The molecule has 5 nitrogen and oxygen atoms in total. The molecule has 0 unspecified atom stereocenters. The maximum absolute atomic E-state index is 14.7. The lowest BCUT2D eigenvalue weighted by atomic mass is 10.0. The molecule has 3 aromatic rings. The summed E-state index contributed by atoms with van der Waals surface area (Å²) in [4.78, 5) is 18.4. The van der Waals surface area contributed by atoms with E-state index in [1.54, 1.807) is 13.8 Å². The maximum Gasteiger partial charge on any atom is 0.255 e. The summed E-state index contributed by atoms with van der Waals surface area (Å²) in [6.45, 7) is 4.99. The van der Waals surface area contributed by atoms with Gasteiger partial charge < -0.3 is 10.2 Å². The normalized spacial score (nSPS) is 15.0. The van der Waals surface area contributed by atoms with E-state index in [4.69, 9.17) is 4.84 Å². The average molecular weight is 455 g/mol. The Hall–Kier alpha value is -3.39. The molecule has 172 valence electrons. The van der Waals surface area contributed by atoms with Crippen LogP contribution >= 0.6 is 0 Å². The summed E-state index contributed by atoms with van der Waals surface area (Å²) in [5, 5.41) is 7.49. The van der Waals surface area contributed by atoms with Gasteiger partial charge in [-0.3, -0.25) is 9.36 Å². The standard InChI is InChI=1S/C25H24F3N3O2/c1-15-11-19(27)12-16(2)25(15)31-14-17(3-6-23(31)32)24(21-5-4-18(26)13-22(21)28)30-33-20-7-9-29-10-8-20/h3-6,11-14,20,29H,7-10H2,1-2H3/b30-24-. The monoisotopic (exact) mass is 455 g/mol. The number of pyridine rings is 1. The van der Waals surface area contributed by atoms with E-state index in [9.17, 15) is 18.0 Å². The Kier molecular flexibility index (Phi) is 6.65. The molecule has 8 heteroatoms. The average Bonchev–Trinajstić information content (AvgIpc) is 2.77. The highest BCUT2D eigenvalue weighted by Crippen LogP contribution is 2.22. The predicted octanol–water partition coefficient (Wildman–Crippen LogP) is 4.39. The zero-order valence-electron chi connectivity index (χ0n) is 18.4. The summed E-state index contributed by atoms with van der Waals surface area (Å²) in [7, 11) is 0. The van der Waals surface area contributed by atoms with E-state index >= 15 is 0 Å². The number of aryl methyl sites for hydroxylation is 2. The van der Waals surface area contributed by atoms with Gasteiger partial charge in [0.15, 0.2) is 0 Å². The number of piperidine rings is 1. The number of hydrogen-bond acceptors (Lipinski definition) is 4. The molecule has 1 aliphatic rings. The zero-order valence-corrected chi connectivity index (χ0v) is 18.4. The number of nitrogens with zero attached hydrogens (tertiary/aromatic N) is 2. The van der Waals surface area contributed by atoms with E-state index in [0.29, 0.717) is 22.4 Å². The van der Waals surface area contributed by atoms with Crippen molar-refractivity contribution in [3.63, 3.8) is 0 Å². The number of hydrogen-bond donors (Lipinski definition) is 1. The maximum atomic E-state index is 14.7. The van der Waals surface area contributed by atoms with Gasteiger partial charge in [0.25, 0.3) is 5.56 Å². The summed E-state index contributed by atoms with van der Waals surface area (Å²) in [6.07, 6.45) is 2.87. The van der Waals surface area contributed by atoms with Crippen LogP contribution in [0.2, 0.25) is 0 Å². The molecular weight excluding hydrogens is 431 g/mol. The Morgan fingerprint density at radius 3 is 2.36 bits per heavy atom. The third-order valence-corrected chi connectivity index (χ3v) is 5.65. The number of oxime groups is 1. The van der Waals surface area contributed by atoms with Crippen LogP contribution in [-0.4, -0.2) is 29.5 Å². The fourth-order valence-electron chi connectivity index (χ4n) is 4.05. The smallest absolute Gasteiger partial charge is 0.255 e. The first-order chi connectivity index (χ1) is 15.8. The Bertz CT molecular complexity index is 1240. The van der Waals surface area contributed by atoms with Gasteiger partial charge in [0.1, 0.15) is 29.3 Å². The van der Waals surface area contributed by atoms with Gasteiger partial charge in [0.05, 0.1) is 5.69 Å². The van der Waals surface area contributed by atoms with E-state index < -0.39 is 17.5 Å². The van der Waals surface area contributed by atoms with Crippen LogP contribution in [0, 0.1) is 31.3 Å². The van der Waals surface area contributed by atoms with E-state index in [-0.39, 0.29) is 22.9 Å². The van der Waals surface area contributed by atoms with Crippen molar-refractivity contribution in [2.24, 2.45) is 5.16 Å². The Labute approximate surface area is 189 Å². The van der Waals surface area contributed by atoms with Gasteiger partial charge in [0.2, 0.25) is 0 Å². The second-order valence-corrected chi connectivity index (χ2v) is 8.13. The first-order valence-electron chi connectivity index (χ1n) is 10.7. The van der Waals surface area contributed by atoms with Gasteiger partial charge in [-0.05, 0) is 81.2 Å². The SMILES string of the molecule is Cc1cc(F)cc(C)c1-n1cc(/C(=N/OC2CCNCC2)c2ccc(F)cc2F)ccc1=O. The first kappa shape index (κ1) is 22.8. The topological polar surface area (TPSA) is 55.6 Å². The van der Waals surface area contributed by atoms with E-state index in [2.05, 4.69) is 10.5 Å². The van der Waals surface area contributed by atoms with Crippen LogP contribution < -0.4 is 10.9 Å². The minimum absolute atomic E-state index is 0.0445. The fraction of sp³-hybridized carbons (Fsp3) is 0.280. The van der Waals surface area contributed by atoms with E-state index in [1.165, 1.54) is 41.1 Å². The van der Waals surface area contributed by atoms with Gasteiger partial charge in [-0.1, -0.05) is 5.16 Å². The number of halogens is 3. The minimum atomic E-state index is -0.797. The summed E-state index contributed by atoms with van der Waals surface area (Å²) in [5.41, 5.74) is 1.92. The lowest BCUT2D eigenvalue weighted by molar-refractivity contribution is 0.0378. The lowest BCUT2D eigenvalue weighted by Crippen LogP contribution is -2.31. The molecule has 1 saturated heterocycles. The molecule has 0 saturated carbocycles. The first-order valence-corrected chi connectivity index (χ1v) is 10.7. The van der Waals surface area contributed by atoms with Crippen LogP contribution in [-0.2, 0) is 4.84 Å². The van der Waals surface area contributed by atoms with E-state index in [1.807, 2.05) is 0 Å². The van der Waals surface area contributed by atoms with Crippen LogP contribution in [0.1, 0.15) is 35.1 Å². The molecule has 1 aromatic heterocycles. The summed E-state index contributed by atoms with van der Waals surface area (Å²) < 4.78 is 43.5.